The van der Waals surface area contributed by atoms with Crippen molar-refractivity contribution in [3.8, 4) is 0 Å². The lowest BCUT2D eigenvalue weighted by molar-refractivity contribution is -0.123. The highest BCUT2D eigenvalue weighted by molar-refractivity contribution is 5.84. The Morgan fingerprint density at radius 3 is 3.12 bits per heavy atom. The van der Waals surface area contributed by atoms with E-state index in [4.69, 9.17) is 0 Å². The summed E-state index contributed by atoms with van der Waals surface area (Å²) in [5.41, 5.74) is 2.31. The first-order valence-corrected chi connectivity index (χ1v) is 5.36. The molecule has 1 atom stereocenters. The predicted molar refractivity (Wildman–Crippen MR) is 60.6 cm³/mol. The van der Waals surface area contributed by atoms with Crippen LogP contribution >= 0.6 is 0 Å². The first kappa shape index (κ1) is 10.1. The van der Waals surface area contributed by atoms with Gasteiger partial charge in [0.1, 0.15) is 6.04 Å². The molecule has 0 radical (unpaired) electrons. The fraction of sp³-hybridized carbons (Fsp3) is 0.273. The molecule has 1 saturated heterocycles. The Morgan fingerprint density at radius 1 is 1.41 bits per heavy atom. The Balaban J connectivity index is 1.91. The minimum atomic E-state index is -0.549. The van der Waals surface area contributed by atoms with Crippen LogP contribution in [0.25, 0.3) is 6.08 Å². The van der Waals surface area contributed by atoms with Crippen LogP contribution in [0.5, 0.6) is 0 Å². The molecule has 0 aromatic carbocycles. The second-order valence-electron chi connectivity index (χ2n) is 4.02. The van der Waals surface area contributed by atoms with Crippen LogP contribution < -0.4 is 10.6 Å². The van der Waals surface area contributed by atoms with Crippen molar-refractivity contribution in [1.82, 2.24) is 25.8 Å². The lowest BCUT2D eigenvalue weighted by Gasteiger charge is -2.23. The Bertz CT molecular complexity index is 537. The molecule has 86 valence electrons. The van der Waals surface area contributed by atoms with Gasteiger partial charge in [-0.3, -0.25) is 10.1 Å². The standard InChI is InChI=1S/C11H11N5O/c1-6-5-12-9(11(17)13-6)10-14-7-3-2-4-8(7)15-16-10/h2-3,9,12H,1,4-5H2,(H,13,17). The molecule has 6 nitrogen and oxygen atoms in total. The summed E-state index contributed by atoms with van der Waals surface area (Å²) in [5, 5.41) is 13.8. The average molecular weight is 229 g/mol. The molecule has 2 aliphatic rings. The molecule has 1 aromatic rings. The number of carbonyl (C=O) groups excluding carboxylic acids is 1. The quantitative estimate of drug-likeness (QED) is 0.692. The largest absolute Gasteiger partial charge is 0.327 e. The molecule has 1 aliphatic heterocycles. The van der Waals surface area contributed by atoms with E-state index in [9.17, 15) is 4.79 Å². The van der Waals surface area contributed by atoms with Crippen LogP contribution in [0.4, 0.5) is 0 Å². The van der Waals surface area contributed by atoms with Crippen molar-refractivity contribution in [3.05, 3.63) is 35.6 Å². The zero-order valence-electron chi connectivity index (χ0n) is 9.10. The third-order valence-corrected chi connectivity index (χ3v) is 2.73. The maximum atomic E-state index is 11.7. The number of hydrogen-bond acceptors (Lipinski definition) is 5. The molecule has 1 aromatic heterocycles. The van der Waals surface area contributed by atoms with Crippen molar-refractivity contribution in [2.75, 3.05) is 6.54 Å². The number of nitrogens with zero attached hydrogens (tertiary/aromatic N) is 3. The molecule has 17 heavy (non-hydrogen) atoms. The molecule has 1 unspecified atom stereocenters. The lowest BCUT2D eigenvalue weighted by atomic mass is 10.2. The van der Waals surface area contributed by atoms with Crippen LogP contribution in [-0.2, 0) is 11.2 Å². The fourth-order valence-corrected chi connectivity index (χ4v) is 1.87. The van der Waals surface area contributed by atoms with E-state index in [0.29, 0.717) is 18.1 Å². The smallest absolute Gasteiger partial charge is 0.249 e. The van der Waals surface area contributed by atoms with E-state index in [2.05, 4.69) is 32.4 Å². The van der Waals surface area contributed by atoms with Crippen molar-refractivity contribution < 1.29 is 4.79 Å². The Kier molecular flexibility index (Phi) is 2.22. The van der Waals surface area contributed by atoms with E-state index in [1.807, 2.05) is 12.2 Å². The normalized spacial score (nSPS) is 22.5. The zero-order chi connectivity index (χ0) is 11.8. The highest BCUT2D eigenvalue weighted by atomic mass is 16.2. The third kappa shape index (κ3) is 1.72. The first-order chi connectivity index (χ1) is 8.24. The van der Waals surface area contributed by atoms with Gasteiger partial charge in [0.25, 0.3) is 0 Å². The highest BCUT2D eigenvalue weighted by Gasteiger charge is 2.28. The topological polar surface area (TPSA) is 79.8 Å². The van der Waals surface area contributed by atoms with Gasteiger partial charge in [-0.15, -0.1) is 5.10 Å². The van der Waals surface area contributed by atoms with Crippen LogP contribution in [0.2, 0.25) is 0 Å². The molecular formula is C11H11N5O. The number of rotatable bonds is 1. The van der Waals surface area contributed by atoms with E-state index in [0.717, 1.165) is 17.8 Å². The molecule has 1 aliphatic carbocycles. The molecule has 6 heteroatoms. The minimum Gasteiger partial charge on any atom is -0.327 e. The first-order valence-electron chi connectivity index (χ1n) is 5.36. The van der Waals surface area contributed by atoms with Crippen molar-refractivity contribution in [2.45, 2.75) is 12.5 Å². The predicted octanol–water partition coefficient (Wildman–Crippen LogP) is -0.285. The fourth-order valence-electron chi connectivity index (χ4n) is 1.87. The molecule has 2 heterocycles. The van der Waals surface area contributed by atoms with E-state index in [1.165, 1.54) is 0 Å². The number of amides is 1. The Morgan fingerprint density at radius 2 is 2.29 bits per heavy atom. The van der Waals surface area contributed by atoms with Crippen LogP contribution in [0, 0.1) is 0 Å². The highest BCUT2D eigenvalue weighted by Crippen LogP contribution is 2.17. The van der Waals surface area contributed by atoms with Gasteiger partial charge in [0.2, 0.25) is 5.91 Å². The number of aromatic nitrogens is 3. The number of fused-ring (bicyclic) bond motifs is 1. The number of nitrogens with one attached hydrogen (secondary N) is 2. The van der Waals surface area contributed by atoms with E-state index < -0.39 is 6.04 Å². The van der Waals surface area contributed by atoms with E-state index in [-0.39, 0.29) is 5.91 Å². The van der Waals surface area contributed by atoms with Crippen molar-refractivity contribution in [2.24, 2.45) is 0 Å². The minimum absolute atomic E-state index is 0.190. The van der Waals surface area contributed by atoms with Gasteiger partial charge in [-0.05, 0) is 6.08 Å². The van der Waals surface area contributed by atoms with Gasteiger partial charge in [0, 0.05) is 18.7 Å². The van der Waals surface area contributed by atoms with Crippen LogP contribution in [-0.4, -0.2) is 27.6 Å². The molecule has 0 bridgehead atoms. The molecule has 2 N–H and O–H groups in total. The SMILES string of the molecule is C=C1CNC(c2nnc3c(n2)C=CC3)C(=O)N1. The number of hydrogen-bond donors (Lipinski definition) is 2. The summed E-state index contributed by atoms with van der Waals surface area (Å²) in [4.78, 5) is 16.1. The Labute approximate surface area is 97.8 Å². The number of piperazine rings is 1. The monoisotopic (exact) mass is 229 g/mol. The van der Waals surface area contributed by atoms with Crippen LogP contribution in [0.15, 0.2) is 18.4 Å². The van der Waals surface area contributed by atoms with Crippen molar-refractivity contribution in [1.29, 1.82) is 0 Å². The van der Waals surface area contributed by atoms with Crippen LogP contribution in [0.1, 0.15) is 23.3 Å². The van der Waals surface area contributed by atoms with Gasteiger partial charge in [0.15, 0.2) is 5.82 Å². The molecule has 3 rings (SSSR count). The number of allylic oxidation sites excluding steroid dienone is 1. The van der Waals surface area contributed by atoms with Gasteiger partial charge >= 0.3 is 0 Å². The van der Waals surface area contributed by atoms with E-state index in [1.54, 1.807) is 0 Å². The van der Waals surface area contributed by atoms with Gasteiger partial charge in [-0.1, -0.05) is 12.7 Å². The summed E-state index contributed by atoms with van der Waals surface area (Å²) < 4.78 is 0. The molecule has 1 amide bonds. The maximum absolute atomic E-state index is 11.7. The van der Waals surface area contributed by atoms with Crippen molar-refractivity contribution in [3.63, 3.8) is 0 Å². The van der Waals surface area contributed by atoms with Gasteiger partial charge < -0.3 is 5.32 Å². The lowest BCUT2D eigenvalue weighted by Crippen LogP contribution is -2.46. The number of carbonyl (C=O) groups is 1. The molecule has 0 spiro atoms. The van der Waals surface area contributed by atoms with E-state index >= 15 is 0 Å². The third-order valence-electron chi connectivity index (χ3n) is 2.73. The molecule has 0 saturated carbocycles. The summed E-state index contributed by atoms with van der Waals surface area (Å²) in [5.74, 6) is 0.213. The second-order valence-corrected chi connectivity index (χ2v) is 4.02. The van der Waals surface area contributed by atoms with Gasteiger partial charge in [-0.25, -0.2) is 4.98 Å². The van der Waals surface area contributed by atoms with Gasteiger partial charge in [0.05, 0.1) is 11.4 Å². The van der Waals surface area contributed by atoms with Crippen LogP contribution in [0.3, 0.4) is 0 Å². The molecular weight excluding hydrogens is 218 g/mol. The maximum Gasteiger partial charge on any atom is 0.249 e. The molecule has 1 fully saturated rings. The summed E-state index contributed by atoms with van der Waals surface area (Å²) in [6, 6.07) is -0.549. The summed E-state index contributed by atoms with van der Waals surface area (Å²) >= 11 is 0. The van der Waals surface area contributed by atoms with Gasteiger partial charge in [-0.2, -0.15) is 5.10 Å². The average Bonchev–Trinajstić information content (AvgIpc) is 2.75. The zero-order valence-corrected chi connectivity index (χ0v) is 9.10. The second kappa shape index (κ2) is 3.74. The Hall–Kier alpha value is -2.08. The summed E-state index contributed by atoms with van der Waals surface area (Å²) in [6.07, 6.45) is 4.64. The summed E-state index contributed by atoms with van der Waals surface area (Å²) in [6.45, 7) is 4.21. The summed E-state index contributed by atoms with van der Waals surface area (Å²) in [7, 11) is 0. The van der Waals surface area contributed by atoms with Crippen molar-refractivity contribution >= 4 is 12.0 Å².